The van der Waals surface area contributed by atoms with Crippen LogP contribution in [0.1, 0.15) is 32.1 Å². The normalized spacial score (nSPS) is 17.5. The minimum atomic E-state index is 0.778. The van der Waals surface area contributed by atoms with Gasteiger partial charge in [-0.2, -0.15) is 0 Å². The summed E-state index contributed by atoms with van der Waals surface area (Å²) >= 11 is 0. The van der Waals surface area contributed by atoms with Crippen molar-refractivity contribution in [3.63, 3.8) is 0 Å². The summed E-state index contributed by atoms with van der Waals surface area (Å²) in [6.45, 7) is 4.68. The van der Waals surface area contributed by atoms with Crippen LogP contribution in [0.25, 0.3) is 0 Å². The van der Waals surface area contributed by atoms with Crippen LogP contribution in [-0.2, 0) is 4.79 Å². The second-order valence-corrected chi connectivity index (χ2v) is 3.68. The van der Waals surface area contributed by atoms with Crippen molar-refractivity contribution in [1.29, 1.82) is 0 Å². The number of carbonyl (C=O) groups is 1. The number of nitrogens with one attached hydrogen (secondary N) is 1. The number of hydrogen-bond donors (Lipinski definition) is 1. The van der Waals surface area contributed by atoms with Crippen LogP contribution < -0.4 is 5.32 Å². The molecule has 0 spiro atoms. The lowest BCUT2D eigenvalue weighted by atomic mass is 10.2. The van der Waals surface area contributed by atoms with Gasteiger partial charge in [0.15, 0.2) is 0 Å². The quantitative estimate of drug-likeness (QED) is 0.473. The first-order valence-corrected chi connectivity index (χ1v) is 5.33. The lowest BCUT2D eigenvalue weighted by Crippen LogP contribution is -2.20. The molecule has 76 valence electrons. The Labute approximate surface area is 80.5 Å². The van der Waals surface area contributed by atoms with E-state index in [0.717, 1.165) is 19.4 Å². The molecular formula is C10H20N2O. The Morgan fingerprint density at radius 3 is 2.62 bits per heavy atom. The van der Waals surface area contributed by atoms with Crippen molar-refractivity contribution in [2.75, 3.05) is 26.2 Å². The van der Waals surface area contributed by atoms with E-state index in [0.29, 0.717) is 0 Å². The van der Waals surface area contributed by atoms with Crippen LogP contribution in [0.15, 0.2) is 0 Å². The van der Waals surface area contributed by atoms with Crippen LogP contribution in [0.3, 0.4) is 0 Å². The summed E-state index contributed by atoms with van der Waals surface area (Å²) in [5.74, 6) is 0. The summed E-state index contributed by atoms with van der Waals surface area (Å²) in [4.78, 5) is 12.5. The molecule has 1 fully saturated rings. The van der Waals surface area contributed by atoms with Gasteiger partial charge in [0.25, 0.3) is 0 Å². The third kappa shape index (κ3) is 4.88. The van der Waals surface area contributed by atoms with Gasteiger partial charge in [-0.15, -0.1) is 0 Å². The van der Waals surface area contributed by atoms with E-state index < -0.39 is 0 Å². The summed E-state index contributed by atoms with van der Waals surface area (Å²) in [5.41, 5.74) is 0. The predicted octanol–water partition coefficient (Wildman–Crippen LogP) is 0.998. The Bertz CT molecular complexity index is 133. The molecule has 0 saturated carbocycles. The van der Waals surface area contributed by atoms with E-state index in [-0.39, 0.29) is 0 Å². The molecule has 0 bridgehead atoms. The highest BCUT2D eigenvalue weighted by Gasteiger charge is 2.09. The number of unbranched alkanes of at least 4 members (excludes halogenated alkanes) is 2. The van der Waals surface area contributed by atoms with Crippen molar-refractivity contribution < 1.29 is 4.79 Å². The highest BCUT2D eigenvalue weighted by atomic mass is 16.1. The average molecular weight is 184 g/mol. The van der Waals surface area contributed by atoms with Gasteiger partial charge in [0.1, 0.15) is 0 Å². The first-order chi connectivity index (χ1) is 6.43. The topological polar surface area (TPSA) is 32.3 Å². The molecule has 3 nitrogen and oxygen atoms in total. The van der Waals surface area contributed by atoms with Gasteiger partial charge in [-0.1, -0.05) is 6.42 Å². The summed E-state index contributed by atoms with van der Waals surface area (Å²) < 4.78 is 0. The van der Waals surface area contributed by atoms with E-state index >= 15 is 0 Å². The predicted molar refractivity (Wildman–Crippen MR) is 53.6 cm³/mol. The van der Waals surface area contributed by atoms with E-state index in [9.17, 15) is 4.79 Å². The van der Waals surface area contributed by atoms with Crippen molar-refractivity contribution in [2.24, 2.45) is 0 Å². The van der Waals surface area contributed by atoms with E-state index in [1.54, 1.807) is 0 Å². The fourth-order valence-electron chi connectivity index (χ4n) is 1.80. The van der Waals surface area contributed by atoms with Crippen LogP contribution >= 0.6 is 0 Å². The Morgan fingerprint density at radius 2 is 1.92 bits per heavy atom. The van der Waals surface area contributed by atoms with E-state index in [2.05, 4.69) is 10.2 Å². The molecule has 1 heterocycles. The SMILES string of the molecule is O=CNCCCCCN1CCCC1. The van der Waals surface area contributed by atoms with Gasteiger partial charge >= 0.3 is 0 Å². The van der Waals surface area contributed by atoms with Gasteiger partial charge in [0, 0.05) is 6.54 Å². The van der Waals surface area contributed by atoms with Crippen LogP contribution in [-0.4, -0.2) is 37.5 Å². The third-order valence-corrected chi connectivity index (χ3v) is 2.58. The van der Waals surface area contributed by atoms with Crippen molar-refractivity contribution in [3.8, 4) is 0 Å². The number of rotatable bonds is 7. The van der Waals surface area contributed by atoms with Crippen molar-refractivity contribution in [3.05, 3.63) is 0 Å². The number of carbonyl (C=O) groups excluding carboxylic acids is 1. The zero-order valence-corrected chi connectivity index (χ0v) is 8.30. The zero-order chi connectivity index (χ0) is 9.36. The van der Waals surface area contributed by atoms with E-state index in [1.807, 2.05) is 0 Å². The Kier molecular flexibility index (Phi) is 5.57. The maximum absolute atomic E-state index is 9.93. The van der Waals surface area contributed by atoms with Gasteiger partial charge < -0.3 is 10.2 Å². The maximum Gasteiger partial charge on any atom is 0.207 e. The molecular weight excluding hydrogens is 164 g/mol. The summed E-state index contributed by atoms with van der Waals surface area (Å²) in [5, 5.41) is 2.68. The molecule has 1 saturated heterocycles. The van der Waals surface area contributed by atoms with Crippen LogP contribution in [0, 0.1) is 0 Å². The van der Waals surface area contributed by atoms with Gasteiger partial charge in [0.05, 0.1) is 0 Å². The fraction of sp³-hybridized carbons (Fsp3) is 0.900. The maximum atomic E-state index is 9.93. The van der Waals surface area contributed by atoms with E-state index in [4.69, 9.17) is 0 Å². The molecule has 1 aliphatic rings. The molecule has 0 aromatic carbocycles. The van der Waals surface area contributed by atoms with Crippen molar-refractivity contribution in [1.82, 2.24) is 10.2 Å². The first kappa shape index (κ1) is 10.5. The van der Waals surface area contributed by atoms with E-state index in [1.165, 1.54) is 45.3 Å². The molecule has 0 aromatic rings. The molecule has 0 radical (unpaired) electrons. The second kappa shape index (κ2) is 6.89. The molecule has 1 amide bonds. The molecule has 1 rings (SSSR count). The molecule has 0 aliphatic carbocycles. The highest BCUT2D eigenvalue weighted by molar-refractivity contribution is 5.45. The standard InChI is InChI=1S/C10H20N2O/c13-10-11-6-2-1-3-7-12-8-4-5-9-12/h10H,1-9H2,(H,11,13). The second-order valence-electron chi connectivity index (χ2n) is 3.68. The summed E-state index contributed by atoms with van der Waals surface area (Å²) in [7, 11) is 0. The zero-order valence-electron chi connectivity index (χ0n) is 8.30. The van der Waals surface area contributed by atoms with Crippen LogP contribution in [0.4, 0.5) is 0 Å². The molecule has 1 N–H and O–H groups in total. The molecule has 0 atom stereocenters. The molecule has 0 unspecified atom stereocenters. The number of likely N-dealkylation sites (tertiary alicyclic amines) is 1. The van der Waals surface area contributed by atoms with Crippen LogP contribution in [0.2, 0.25) is 0 Å². The number of hydrogen-bond acceptors (Lipinski definition) is 2. The lowest BCUT2D eigenvalue weighted by Gasteiger charge is -2.13. The third-order valence-electron chi connectivity index (χ3n) is 2.58. The molecule has 3 heteroatoms. The molecule has 13 heavy (non-hydrogen) atoms. The van der Waals surface area contributed by atoms with Gasteiger partial charge in [-0.25, -0.2) is 0 Å². The summed E-state index contributed by atoms with van der Waals surface area (Å²) in [6, 6.07) is 0. The Hall–Kier alpha value is -0.570. The van der Waals surface area contributed by atoms with Crippen molar-refractivity contribution >= 4 is 6.41 Å². The van der Waals surface area contributed by atoms with Crippen LogP contribution in [0.5, 0.6) is 0 Å². The smallest absolute Gasteiger partial charge is 0.207 e. The van der Waals surface area contributed by atoms with Gasteiger partial charge in [-0.3, -0.25) is 4.79 Å². The largest absolute Gasteiger partial charge is 0.359 e. The first-order valence-electron chi connectivity index (χ1n) is 5.33. The number of amides is 1. The Balaban J connectivity index is 1.80. The van der Waals surface area contributed by atoms with Crippen molar-refractivity contribution in [2.45, 2.75) is 32.1 Å². The Morgan fingerprint density at radius 1 is 1.15 bits per heavy atom. The summed E-state index contributed by atoms with van der Waals surface area (Å²) in [6.07, 6.45) is 7.17. The molecule has 0 aromatic heterocycles. The van der Waals surface area contributed by atoms with Gasteiger partial charge in [-0.05, 0) is 45.3 Å². The minimum absolute atomic E-state index is 0.778. The average Bonchev–Trinajstić information content (AvgIpc) is 2.63. The molecule has 1 aliphatic heterocycles. The monoisotopic (exact) mass is 184 g/mol. The highest BCUT2D eigenvalue weighted by Crippen LogP contribution is 2.08. The fourth-order valence-corrected chi connectivity index (χ4v) is 1.80. The number of nitrogens with zero attached hydrogens (tertiary/aromatic N) is 1. The van der Waals surface area contributed by atoms with Gasteiger partial charge in [0.2, 0.25) is 6.41 Å². The lowest BCUT2D eigenvalue weighted by molar-refractivity contribution is -0.109. The minimum Gasteiger partial charge on any atom is -0.359 e.